The number of ether oxygens (including phenoxy) is 3. The monoisotopic (exact) mass is 360 g/mol. The zero-order chi connectivity index (χ0) is 18.1. The Balaban J connectivity index is 2.38. The first-order valence-corrected chi connectivity index (χ1v) is 7.50. The van der Waals surface area contributed by atoms with Crippen molar-refractivity contribution in [3.05, 3.63) is 27.4 Å². The van der Waals surface area contributed by atoms with Crippen LogP contribution in [0.15, 0.2) is 17.1 Å². The fourth-order valence-electron chi connectivity index (χ4n) is 2.52. The Morgan fingerprint density at radius 1 is 1.46 bits per heavy atom. The minimum Gasteiger partial charge on any atom is -0.463 e. The Labute approximate surface area is 141 Å². The molecule has 0 bridgehead atoms. The molecule has 0 radical (unpaired) electrons. The highest BCUT2D eigenvalue weighted by atomic mass is 32.1. The van der Waals surface area contributed by atoms with Gasteiger partial charge in [0.25, 0.3) is 0 Å². The van der Waals surface area contributed by atoms with Crippen molar-refractivity contribution in [3.63, 3.8) is 0 Å². The number of aromatic nitrogens is 2. The minimum atomic E-state index is -2.24. The summed E-state index contributed by atoms with van der Waals surface area (Å²) in [7, 11) is 0. The standard InChI is InChI=1S/C14H17FN2O6S/c1-7(18)21-6-9-11(22-8(2)19)14(3,15)12(23-9)17-5-4-10(24)16-13(17)20/h4-5,9,11-12H,6H2,1-3H3,(H,16,20,24)/t9-,11+,12-,14?/m1/s1. The Hall–Kier alpha value is -2.07. The van der Waals surface area contributed by atoms with Gasteiger partial charge in [-0.05, 0) is 13.0 Å². The number of nitrogens with zero attached hydrogens (tertiary/aromatic N) is 1. The lowest BCUT2D eigenvalue weighted by Gasteiger charge is -2.27. The molecule has 1 N–H and O–H groups in total. The van der Waals surface area contributed by atoms with Crippen LogP contribution in [0.5, 0.6) is 0 Å². The van der Waals surface area contributed by atoms with Gasteiger partial charge in [-0.3, -0.25) is 19.1 Å². The smallest absolute Gasteiger partial charge is 0.328 e. The van der Waals surface area contributed by atoms with Crippen molar-refractivity contribution in [2.75, 3.05) is 6.61 Å². The number of hydrogen-bond acceptors (Lipinski definition) is 7. The molecule has 1 saturated heterocycles. The Bertz CT molecular complexity index is 758. The fourth-order valence-corrected chi connectivity index (χ4v) is 2.67. The van der Waals surface area contributed by atoms with Gasteiger partial charge in [-0.25, -0.2) is 9.18 Å². The zero-order valence-corrected chi connectivity index (χ0v) is 14.1. The van der Waals surface area contributed by atoms with Crippen molar-refractivity contribution in [1.29, 1.82) is 0 Å². The van der Waals surface area contributed by atoms with E-state index >= 15 is 4.39 Å². The number of nitrogens with one attached hydrogen (secondary N) is 1. The molecule has 1 aromatic heterocycles. The number of hydrogen-bond donors (Lipinski definition) is 1. The second-order valence-electron chi connectivity index (χ2n) is 5.53. The molecule has 0 amide bonds. The van der Waals surface area contributed by atoms with E-state index in [9.17, 15) is 14.4 Å². The first-order valence-electron chi connectivity index (χ1n) is 7.09. The topological polar surface area (TPSA) is 99.6 Å². The SMILES string of the molecule is CC(=O)OC[C@H]1O[C@@H](n2ccc(=S)[nH]c2=O)C(C)(F)[C@H]1OC(C)=O. The van der Waals surface area contributed by atoms with Gasteiger partial charge >= 0.3 is 17.6 Å². The zero-order valence-electron chi connectivity index (χ0n) is 13.3. The number of esters is 2. The molecule has 1 aliphatic heterocycles. The highest BCUT2D eigenvalue weighted by Crippen LogP contribution is 2.42. The number of carbonyl (C=O) groups excluding carboxylic acids is 2. The molecule has 24 heavy (non-hydrogen) atoms. The van der Waals surface area contributed by atoms with Gasteiger partial charge in [-0.1, -0.05) is 12.2 Å². The van der Waals surface area contributed by atoms with Crippen molar-refractivity contribution in [1.82, 2.24) is 9.55 Å². The van der Waals surface area contributed by atoms with Crippen molar-refractivity contribution in [3.8, 4) is 0 Å². The number of H-pyrrole nitrogens is 1. The maximum atomic E-state index is 15.3. The Morgan fingerprint density at radius 2 is 2.12 bits per heavy atom. The van der Waals surface area contributed by atoms with Crippen LogP contribution in [0.4, 0.5) is 4.39 Å². The van der Waals surface area contributed by atoms with E-state index in [4.69, 9.17) is 26.4 Å². The molecule has 8 nitrogen and oxygen atoms in total. The lowest BCUT2D eigenvalue weighted by molar-refractivity contribution is -0.158. The fraction of sp³-hybridized carbons (Fsp3) is 0.571. The van der Waals surface area contributed by atoms with Crippen LogP contribution in [-0.2, 0) is 23.8 Å². The van der Waals surface area contributed by atoms with Gasteiger partial charge in [0.05, 0.1) is 0 Å². The lowest BCUT2D eigenvalue weighted by Crippen LogP contribution is -2.45. The third-order valence-corrected chi connectivity index (χ3v) is 3.77. The van der Waals surface area contributed by atoms with Crippen LogP contribution in [0.25, 0.3) is 0 Å². The summed E-state index contributed by atoms with van der Waals surface area (Å²) in [5.74, 6) is -1.31. The predicted molar refractivity (Wildman–Crippen MR) is 81.5 cm³/mol. The molecule has 0 saturated carbocycles. The molecule has 1 aromatic rings. The minimum absolute atomic E-state index is 0.183. The molecular weight excluding hydrogens is 343 g/mol. The summed E-state index contributed by atoms with van der Waals surface area (Å²) < 4.78 is 31.8. The summed E-state index contributed by atoms with van der Waals surface area (Å²) in [6.45, 7) is 3.13. The third kappa shape index (κ3) is 3.70. The largest absolute Gasteiger partial charge is 0.463 e. The number of halogens is 1. The first-order chi connectivity index (χ1) is 11.1. The Kier molecular flexibility index (Phi) is 5.19. The summed E-state index contributed by atoms with van der Waals surface area (Å²) in [6.07, 6.45) is -2.52. The third-order valence-electron chi connectivity index (χ3n) is 3.53. The van der Waals surface area contributed by atoms with Crippen LogP contribution >= 0.6 is 12.2 Å². The Morgan fingerprint density at radius 3 is 2.67 bits per heavy atom. The van der Waals surface area contributed by atoms with Crippen molar-refractivity contribution in [2.45, 2.75) is 44.9 Å². The van der Waals surface area contributed by atoms with Crippen LogP contribution in [0.1, 0.15) is 27.0 Å². The number of aromatic amines is 1. The molecule has 1 fully saturated rings. The summed E-state index contributed by atoms with van der Waals surface area (Å²) in [5, 5.41) is 0. The van der Waals surface area contributed by atoms with Crippen LogP contribution in [0.2, 0.25) is 0 Å². The van der Waals surface area contributed by atoms with Crippen molar-refractivity contribution >= 4 is 24.2 Å². The van der Waals surface area contributed by atoms with Gasteiger partial charge in [0.2, 0.25) is 0 Å². The van der Waals surface area contributed by atoms with Gasteiger partial charge in [0.15, 0.2) is 18.0 Å². The van der Waals surface area contributed by atoms with Crippen LogP contribution in [0.3, 0.4) is 0 Å². The maximum absolute atomic E-state index is 15.3. The molecule has 10 heteroatoms. The van der Waals surface area contributed by atoms with E-state index in [-0.39, 0.29) is 11.2 Å². The molecule has 0 aromatic carbocycles. The molecule has 0 aliphatic carbocycles. The van der Waals surface area contributed by atoms with Crippen molar-refractivity contribution < 1.29 is 28.2 Å². The van der Waals surface area contributed by atoms with E-state index in [2.05, 4.69) is 4.98 Å². The first kappa shape index (κ1) is 18.3. The van der Waals surface area contributed by atoms with E-state index in [0.29, 0.717) is 0 Å². The van der Waals surface area contributed by atoms with Crippen LogP contribution < -0.4 is 5.69 Å². The molecule has 2 heterocycles. The lowest BCUT2D eigenvalue weighted by atomic mass is 9.98. The second kappa shape index (κ2) is 6.81. The predicted octanol–water partition coefficient (Wildman–Crippen LogP) is 1.03. The van der Waals surface area contributed by atoms with Crippen molar-refractivity contribution in [2.24, 2.45) is 0 Å². The molecule has 0 spiro atoms. The van der Waals surface area contributed by atoms with Gasteiger partial charge in [-0.15, -0.1) is 0 Å². The quantitative estimate of drug-likeness (QED) is 0.632. The maximum Gasteiger partial charge on any atom is 0.328 e. The van der Waals surface area contributed by atoms with Gasteiger partial charge in [0, 0.05) is 20.0 Å². The molecule has 1 aliphatic rings. The summed E-state index contributed by atoms with van der Waals surface area (Å²) >= 11 is 4.83. The number of alkyl halides is 1. The van der Waals surface area contributed by atoms with Gasteiger partial charge in [0.1, 0.15) is 17.4 Å². The van der Waals surface area contributed by atoms with Gasteiger partial charge in [-0.2, -0.15) is 0 Å². The average Bonchev–Trinajstić information content (AvgIpc) is 2.68. The molecule has 4 atom stereocenters. The normalized spacial score (nSPS) is 29.2. The highest BCUT2D eigenvalue weighted by Gasteiger charge is 2.58. The second-order valence-corrected chi connectivity index (χ2v) is 5.97. The van der Waals surface area contributed by atoms with E-state index in [1.54, 1.807) is 0 Å². The van der Waals surface area contributed by atoms with Crippen LogP contribution in [-0.4, -0.2) is 46.0 Å². The van der Waals surface area contributed by atoms with E-state index in [1.807, 2.05) is 0 Å². The van der Waals surface area contributed by atoms with E-state index in [0.717, 1.165) is 18.4 Å². The summed E-state index contributed by atoms with van der Waals surface area (Å²) in [5.41, 5.74) is -2.91. The molecular formula is C14H17FN2O6S. The molecule has 132 valence electrons. The van der Waals surface area contributed by atoms with Gasteiger partial charge < -0.3 is 14.2 Å². The number of carbonyl (C=O) groups is 2. The average molecular weight is 360 g/mol. The van der Waals surface area contributed by atoms with E-state index in [1.165, 1.54) is 19.2 Å². The summed E-state index contributed by atoms with van der Waals surface area (Å²) in [6, 6.07) is 1.40. The van der Waals surface area contributed by atoms with Crippen LogP contribution in [0, 0.1) is 4.64 Å². The highest BCUT2D eigenvalue weighted by molar-refractivity contribution is 7.71. The molecule has 1 unspecified atom stereocenters. The summed E-state index contributed by atoms with van der Waals surface area (Å²) in [4.78, 5) is 36.6. The molecule has 2 rings (SSSR count). The van der Waals surface area contributed by atoms with E-state index < -0.39 is 41.7 Å². The number of rotatable bonds is 4.